The van der Waals surface area contributed by atoms with Gasteiger partial charge >= 0.3 is 0 Å². The Balaban J connectivity index is 1.73. The number of carbonyl (C=O) groups is 3. The monoisotopic (exact) mass is 578 g/mol. The highest BCUT2D eigenvalue weighted by molar-refractivity contribution is 9.10. The van der Waals surface area contributed by atoms with E-state index < -0.39 is 28.4 Å². The van der Waals surface area contributed by atoms with Crippen LogP contribution in [0.15, 0.2) is 29.8 Å². The van der Waals surface area contributed by atoms with E-state index in [0.29, 0.717) is 0 Å². The molecule has 1 aliphatic heterocycles. The van der Waals surface area contributed by atoms with Gasteiger partial charge in [-0.3, -0.25) is 14.4 Å². The van der Waals surface area contributed by atoms with E-state index in [0.717, 1.165) is 21.7 Å². The zero-order valence-electron chi connectivity index (χ0n) is 21.5. The Morgan fingerprint density at radius 2 is 1.81 bits per heavy atom. The molecular weight excluding hydrogens is 544 g/mol. The third-order valence-electron chi connectivity index (χ3n) is 6.40. The average molecular weight is 580 g/mol. The Hall–Kier alpha value is -2.30. The first-order valence-corrected chi connectivity index (χ1v) is 13.8. The highest BCUT2D eigenvalue weighted by Crippen LogP contribution is 2.29. The van der Waals surface area contributed by atoms with Gasteiger partial charge in [-0.05, 0) is 37.3 Å². The summed E-state index contributed by atoms with van der Waals surface area (Å²) in [6, 6.07) is 6.00. The standard InChI is InChI=1S/C26H35BrN4O4S/c1-14(27)23(33)30-22(26(4,5)6)25(35)31-12-19(32)11-20(31)24(34)29-15(2)17-7-9-18(10-8-17)21-16(3)28-13-36-21/h7-10,13-15,19-20,22,32H,11-12H2,1-6H3,(H,29,34)(H,30,33)/t14?,15-,19+,20-,22?/m0/s1. The number of carbonyl (C=O) groups excluding carboxylic acids is 3. The highest BCUT2D eigenvalue weighted by atomic mass is 79.9. The number of aryl methyl sites for hydroxylation is 1. The molecule has 0 bridgehead atoms. The molecule has 0 aliphatic carbocycles. The molecular formula is C26H35BrN4O4S. The lowest BCUT2D eigenvalue weighted by Gasteiger charge is -2.35. The lowest BCUT2D eigenvalue weighted by Crippen LogP contribution is -2.58. The molecule has 2 aromatic rings. The molecule has 0 radical (unpaired) electrons. The maximum atomic E-state index is 13.5. The number of aliphatic hydroxyl groups is 1. The van der Waals surface area contributed by atoms with E-state index in [1.165, 1.54) is 4.90 Å². The smallest absolute Gasteiger partial charge is 0.246 e. The van der Waals surface area contributed by atoms with E-state index in [1.54, 1.807) is 18.3 Å². The molecule has 10 heteroatoms. The number of β-amino-alcohol motifs (C(OH)–C–C–N with tert-alkyl or cyclic N) is 1. The number of rotatable bonds is 7. The number of halogens is 1. The topological polar surface area (TPSA) is 112 Å². The van der Waals surface area contributed by atoms with E-state index in [2.05, 4.69) is 31.5 Å². The number of thiazole rings is 1. The highest BCUT2D eigenvalue weighted by Gasteiger charge is 2.44. The first-order chi connectivity index (χ1) is 16.8. The van der Waals surface area contributed by atoms with E-state index >= 15 is 0 Å². The summed E-state index contributed by atoms with van der Waals surface area (Å²) in [6.45, 7) is 11.2. The average Bonchev–Trinajstić information content (AvgIpc) is 3.41. The van der Waals surface area contributed by atoms with Crippen LogP contribution in [0.3, 0.4) is 0 Å². The van der Waals surface area contributed by atoms with Gasteiger partial charge in [0.05, 0.1) is 33.1 Å². The molecule has 0 spiro atoms. The molecule has 8 nitrogen and oxygen atoms in total. The molecule has 0 saturated carbocycles. The normalized spacial score (nSPS) is 20.5. The first-order valence-electron chi connectivity index (χ1n) is 12.0. The van der Waals surface area contributed by atoms with Gasteiger partial charge in [0, 0.05) is 13.0 Å². The predicted octanol–water partition coefficient (Wildman–Crippen LogP) is 3.57. The third-order valence-corrected chi connectivity index (χ3v) is 7.80. The lowest BCUT2D eigenvalue weighted by molar-refractivity contribution is -0.144. The van der Waals surface area contributed by atoms with Gasteiger partial charge in [0.25, 0.3) is 0 Å². The van der Waals surface area contributed by atoms with Gasteiger partial charge in [0.15, 0.2) is 0 Å². The second-order valence-electron chi connectivity index (χ2n) is 10.4. The van der Waals surface area contributed by atoms with Crippen LogP contribution < -0.4 is 10.6 Å². The minimum Gasteiger partial charge on any atom is -0.391 e. The Morgan fingerprint density at radius 1 is 1.17 bits per heavy atom. The maximum Gasteiger partial charge on any atom is 0.246 e. The molecule has 5 atom stereocenters. The number of likely N-dealkylation sites (tertiary alicyclic amines) is 1. The second-order valence-corrected chi connectivity index (χ2v) is 12.7. The molecule has 1 fully saturated rings. The van der Waals surface area contributed by atoms with E-state index in [4.69, 9.17) is 0 Å². The number of alkyl halides is 1. The number of nitrogens with zero attached hydrogens (tertiary/aromatic N) is 2. The summed E-state index contributed by atoms with van der Waals surface area (Å²) < 4.78 is 0. The quantitative estimate of drug-likeness (QED) is 0.435. The van der Waals surface area contributed by atoms with E-state index in [-0.39, 0.29) is 36.7 Å². The third kappa shape index (κ3) is 6.52. The SMILES string of the molecule is Cc1ncsc1-c1ccc([C@H](C)NC(=O)[C@@H]2C[C@@H](O)CN2C(=O)C(NC(=O)C(C)Br)C(C)(C)C)cc1. The first kappa shape index (κ1) is 28.3. The lowest BCUT2D eigenvalue weighted by atomic mass is 9.85. The van der Waals surface area contributed by atoms with Crippen LogP contribution in [0.4, 0.5) is 0 Å². The Kier molecular flexibility index (Phi) is 8.95. The van der Waals surface area contributed by atoms with Crippen LogP contribution in [0.2, 0.25) is 0 Å². The number of hydrogen-bond acceptors (Lipinski definition) is 6. The number of benzene rings is 1. The van der Waals surface area contributed by atoms with Crippen LogP contribution in [-0.2, 0) is 14.4 Å². The fourth-order valence-electron chi connectivity index (χ4n) is 4.27. The zero-order valence-corrected chi connectivity index (χ0v) is 23.9. The van der Waals surface area contributed by atoms with Crippen molar-refractivity contribution < 1.29 is 19.5 Å². The summed E-state index contributed by atoms with van der Waals surface area (Å²) in [5.74, 6) is -1.02. The van der Waals surface area contributed by atoms with Crippen LogP contribution in [0.5, 0.6) is 0 Å². The fraction of sp³-hybridized carbons (Fsp3) is 0.538. The Morgan fingerprint density at radius 3 is 2.33 bits per heavy atom. The van der Waals surface area contributed by atoms with Gasteiger partial charge in [-0.25, -0.2) is 4.98 Å². The summed E-state index contributed by atoms with van der Waals surface area (Å²) in [5, 5.41) is 16.1. The molecule has 2 unspecified atom stereocenters. The molecule has 3 amide bonds. The van der Waals surface area contributed by atoms with Crippen molar-refractivity contribution in [2.24, 2.45) is 5.41 Å². The van der Waals surface area contributed by atoms with Crippen molar-refractivity contribution in [3.63, 3.8) is 0 Å². The van der Waals surface area contributed by atoms with Crippen molar-refractivity contribution in [1.82, 2.24) is 20.5 Å². The van der Waals surface area contributed by atoms with Gasteiger partial charge in [0.1, 0.15) is 12.1 Å². The van der Waals surface area contributed by atoms with Crippen molar-refractivity contribution in [1.29, 1.82) is 0 Å². The summed E-state index contributed by atoms with van der Waals surface area (Å²) in [4.78, 5) is 45.5. The van der Waals surface area contributed by atoms with Crippen molar-refractivity contribution >= 4 is 45.0 Å². The van der Waals surface area contributed by atoms with Crippen LogP contribution in [-0.4, -0.2) is 62.3 Å². The number of aromatic nitrogens is 1. The minimum absolute atomic E-state index is 0.0422. The maximum absolute atomic E-state index is 13.5. The Labute approximate surface area is 225 Å². The largest absolute Gasteiger partial charge is 0.391 e. The van der Waals surface area contributed by atoms with Crippen LogP contribution in [0.1, 0.15) is 58.3 Å². The number of aliphatic hydroxyl groups excluding tert-OH is 1. The van der Waals surface area contributed by atoms with Crippen LogP contribution >= 0.6 is 27.3 Å². The predicted molar refractivity (Wildman–Crippen MR) is 145 cm³/mol. The summed E-state index contributed by atoms with van der Waals surface area (Å²) in [7, 11) is 0. The van der Waals surface area contributed by atoms with Gasteiger partial charge < -0.3 is 20.6 Å². The molecule has 2 heterocycles. The van der Waals surface area contributed by atoms with Gasteiger partial charge in [-0.15, -0.1) is 11.3 Å². The number of nitrogens with one attached hydrogen (secondary N) is 2. The van der Waals surface area contributed by atoms with Crippen molar-refractivity contribution in [3.8, 4) is 10.4 Å². The van der Waals surface area contributed by atoms with Crippen LogP contribution in [0, 0.1) is 12.3 Å². The second kappa shape index (κ2) is 11.4. The molecule has 1 aromatic carbocycles. The molecule has 1 aromatic heterocycles. The minimum atomic E-state index is -0.842. The molecule has 1 aliphatic rings. The van der Waals surface area contributed by atoms with Gasteiger partial charge in [-0.2, -0.15) is 0 Å². The van der Waals surface area contributed by atoms with Gasteiger partial charge in [0.2, 0.25) is 17.7 Å². The molecule has 36 heavy (non-hydrogen) atoms. The fourth-order valence-corrected chi connectivity index (χ4v) is 5.22. The molecule has 1 saturated heterocycles. The summed E-state index contributed by atoms with van der Waals surface area (Å²) in [5.41, 5.74) is 4.21. The van der Waals surface area contributed by atoms with E-state index in [1.807, 2.05) is 64.4 Å². The number of amides is 3. The van der Waals surface area contributed by atoms with Crippen LogP contribution in [0.25, 0.3) is 10.4 Å². The molecule has 196 valence electrons. The molecule has 3 rings (SSSR count). The number of hydrogen-bond donors (Lipinski definition) is 3. The van der Waals surface area contributed by atoms with Gasteiger partial charge in [-0.1, -0.05) is 61.0 Å². The summed E-state index contributed by atoms with van der Waals surface area (Å²) >= 11 is 4.82. The van der Waals surface area contributed by atoms with E-state index in [9.17, 15) is 19.5 Å². The Bertz CT molecular complexity index is 1100. The molecule has 3 N–H and O–H groups in total. The van der Waals surface area contributed by atoms with Crippen molar-refractivity contribution in [2.45, 2.75) is 77.0 Å². The summed E-state index contributed by atoms with van der Waals surface area (Å²) in [6.07, 6.45) is -0.665. The zero-order chi connectivity index (χ0) is 26.8. The van der Waals surface area contributed by atoms with Crippen molar-refractivity contribution in [2.75, 3.05) is 6.54 Å². The van der Waals surface area contributed by atoms with Crippen molar-refractivity contribution in [3.05, 3.63) is 41.0 Å².